The highest BCUT2D eigenvalue weighted by molar-refractivity contribution is 5.92. The van der Waals surface area contributed by atoms with Gasteiger partial charge in [-0.1, -0.05) is 0 Å². The van der Waals surface area contributed by atoms with E-state index in [1.54, 1.807) is 26.2 Å². The van der Waals surface area contributed by atoms with Gasteiger partial charge in [-0.25, -0.2) is 9.97 Å². The molecule has 0 aliphatic rings. The molecule has 0 spiro atoms. The van der Waals surface area contributed by atoms with E-state index >= 15 is 0 Å². The number of nitrogen functional groups attached to an aromatic ring is 1. The van der Waals surface area contributed by atoms with E-state index in [2.05, 4.69) is 15.3 Å². The van der Waals surface area contributed by atoms with Gasteiger partial charge in [0.2, 0.25) is 5.91 Å². The van der Waals surface area contributed by atoms with Gasteiger partial charge < -0.3 is 16.0 Å². The van der Waals surface area contributed by atoms with Gasteiger partial charge >= 0.3 is 0 Å². The van der Waals surface area contributed by atoms with E-state index in [0.717, 1.165) is 10.9 Å². The summed E-state index contributed by atoms with van der Waals surface area (Å²) in [5.74, 6) is 0.618. The summed E-state index contributed by atoms with van der Waals surface area (Å²) in [6, 6.07) is 5.40. The van der Waals surface area contributed by atoms with Crippen LogP contribution in [0, 0.1) is 0 Å². The van der Waals surface area contributed by atoms with Crippen LogP contribution >= 0.6 is 0 Å². The molecular weight excluding hydrogens is 230 g/mol. The Labute approximate surface area is 105 Å². The van der Waals surface area contributed by atoms with Crippen LogP contribution in [-0.4, -0.2) is 41.4 Å². The van der Waals surface area contributed by atoms with E-state index < -0.39 is 0 Å². The van der Waals surface area contributed by atoms with E-state index in [1.807, 2.05) is 6.07 Å². The molecule has 0 atom stereocenters. The summed E-state index contributed by atoms with van der Waals surface area (Å²) in [5, 5.41) is 3.85. The number of aromatic nitrogens is 2. The Balaban J connectivity index is 2.26. The first-order chi connectivity index (χ1) is 8.58. The highest BCUT2D eigenvalue weighted by Gasteiger charge is 2.07. The fourth-order valence-electron chi connectivity index (χ4n) is 1.53. The van der Waals surface area contributed by atoms with Crippen molar-refractivity contribution >= 4 is 28.3 Å². The number of nitrogens with zero attached hydrogens (tertiary/aromatic N) is 3. The Morgan fingerprint density at radius 1 is 1.39 bits per heavy atom. The van der Waals surface area contributed by atoms with Crippen LogP contribution in [0.4, 0.5) is 11.5 Å². The maximum atomic E-state index is 11.5. The Bertz CT molecular complexity index is 582. The predicted molar refractivity (Wildman–Crippen MR) is 71.1 cm³/mol. The van der Waals surface area contributed by atoms with E-state index in [0.29, 0.717) is 11.5 Å². The Morgan fingerprint density at radius 3 is 2.89 bits per heavy atom. The highest BCUT2D eigenvalue weighted by atomic mass is 16.2. The number of hydrogen-bond acceptors (Lipinski definition) is 5. The van der Waals surface area contributed by atoms with Gasteiger partial charge in [0.05, 0.1) is 12.1 Å². The molecule has 0 fully saturated rings. The standard InChI is InChI=1S/C12H15N5O/c1-17(2)11(18)6-14-12-9-4-3-8(13)5-10(9)15-7-16-12/h3-5,7H,6,13H2,1-2H3,(H,14,15,16). The number of hydrogen-bond donors (Lipinski definition) is 2. The first kappa shape index (κ1) is 12.1. The molecular formula is C12H15N5O. The van der Waals surface area contributed by atoms with Crippen molar-refractivity contribution in [2.75, 3.05) is 31.7 Å². The van der Waals surface area contributed by atoms with Gasteiger partial charge in [0, 0.05) is 25.2 Å². The number of nitrogens with two attached hydrogens (primary N) is 1. The van der Waals surface area contributed by atoms with Crippen molar-refractivity contribution in [1.29, 1.82) is 0 Å². The lowest BCUT2D eigenvalue weighted by molar-refractivity contribution is -0.126. The second-order valence-corrected chi connectivity index (χ2v) is 4.14. The molecule has 6 nitrogen and oxygen atoms in total. The molecule has 0 aliphatic heterocycles. The largest absolute Gasteiger partial charge is 0.399 e. The third-order valence-electron chi connectivity index (χ3n) is 2.57. The molecule has 1 aromatic heterocycles. The molecule has 0 saturated carbocycles. The molecule has 1 amide bonds. The normalized spacial score (nSPS) is 10.3. The number of nitrogens with one attached hydrogen (secondary N) is 1. The molecule has 6 heteroatoms. The first-order valence-electron chi connectivity index (χ1n) is 5.52. The van der Waals surface area contributed by atoms with Crippen LogP contribution in [0.2, 0.25) is 0 Å². The van der Waals surface area contributed by atoms with Gasteiger partial charge in [0.25, 0.3) is 0 Å². The Kier molecular flexibility index (Phi) is 3.27. The van der Waals surface area contributed by atoms with Crippen LogP contribution in [0.3, 0.4) is 0 Å². The van der Waals surface area contributed by atoms with Crippen LogP contribution in [0.25, 0.3) is 10.9 Å². The van der Waals surface area contributed by atoms with Crippen molar-refractivity contribution in [3.05, 3.63) is 24.5 Å². The van der Waals surface area contributed by atoms with Gasteiger partial charge in [-0.05, 0) is 18.2 Å². The molecule has 0 bridgehead atoms. The van der Waals surface area contributed by atoms with Crippen molar-refractivity contribution in [2.45, 2.75) is 0 Å². The van der Waals surface area contributed by atoms with Gasteiger partial charge in [0.15, 0.2) is 0 Å². The zero-order valence-electron chi connectivity index (χ0n) is 10.3. The lowest BCUT2D eigenvalue weighted by atomic mass is 10.2. The molecule has 0 unspecified atom stereocenters. The number of rotatable bonds is 3. The van der Waals surface area contributed by atoms with Gasteiger partial charge in [-0.15, -0.1) is 0 Å². The van der Waals surface area contributed by atoms with Crippen LogP contribution in [0.1, 0.15) is 0 Å². The molecule has 94 valence electrons. The molecule has 0 aliphatic carbocycles. The number of carbonyl (C=O) groups is 1. The Hall–Kier alpha value is -2.37. The minimum Gasteiger partial charge on any atom is -0.399 e. The van der Waals surface area contributed by atoms with Crippen molar-refractivity contribution in [3.8, 4) is 0 Å². The lowest BCUT2D eigenvalue weighted by Gasteiger charge is -2.12. The third-order valence-corrected chi connectivity index (χ3v) is 2.57. The zero-order valence-corrected chi connectivity index (χ0v) is 10.3. The quantitative estimate of drug-likeness (QED) is 0.778. The van der Waals surface area contributed by atoms with E-state index in [9.17, 15) is 4.79 Å². The second-order valence-electron chi connectivity index (χ2n) is 4.14. The number of likely N-dealkylation sites (N-methyl/N-ethyl adjacent to an activating group) is 1. The summed E-state index contributed by atoms with van der Waals surface area (Å²) < 4.78 is 0. The summed E-state index contributed by atoms with van der Waals surface area (Å²) >= 11 is 0. The molecule has 0 radical (unpaired) electrons. The summed E-state index contributed by atoms with van der Waals surface area (Å²) in [6.45, 7) is 0.198. The fourth-order valence-corrected chi connectivity index (χ4v) is 1.53. The third kappa shape index (κ3) is 2.48. The second kappa shape index (κ2) is 4.87. The van der Waals surface area contributed by atoms with Crippen molar-refractivity contribution in [2.24, 2.45) is 0 Å². The minimum absolute atomic E-state index is 0.0165. The van der Waals surface area contributed by atoms with Crippen LogP contribution < -0.4 is 11.1 Å². The van der Waals surface area contributed by atoms with Crippen LogP contribution in [0.15, 0.2) is 24.5 Å². The van der Waals surface area contributed by atoms with Crippen LogP contribution in [0.5, 0.6) is 0 Å². The molecule has 3 N–H and O–H groups in total. The average molecular weight is 245 g/mol. The van der Waals surface area contributed by atoms with Gasteiger partial charge in [-0.3, -0.25) is 4.79 Å². The van der Waals surface area contributed by atoms with E-state index in [1.165, 1.54) is 11.2 Å². The van der Waals surface area contributed by atoms with Gasteiger partial charge in [0.1, 0.15) is 12.1 Å². The fraction of sp³-hybridized carbons (Fsp3) is 0.250. The molecule has 2 rings (SSSR count). The number of fused-ring (bicyclic) bond motifs is 1. The van der Waals surface area contributed by atoms with Crippen molar-refractivity contribution in [3.63, 3.8) is 0 Å². The molecule has 1 aromatic carbocycles. The highest BCUT2D eigenvalue weighted by Crippen LogP contribution is 2.20. The van der Waals surface area contributed by atoms with E-state index in [-0.39, 0.29) is 12.5 Å². The lowest BCUT2D eigenvalue weighted by Crippen LogP contribution is -2.28. The van der Waals surface area contributed by atoms with Crippen molar-refractivity contribution < 1.29 is 4.79 Å². The number of carbonyl (C=O) groups excluding carboxylic acids is 1. The smallest absolute Gasteiger partial charge is 0.241 e. The van der Waals surface area contributed by atoms with Gasteiger partial charge in [-0.2, -0.15) is 0 Å². The summed E-state index contributed by atoms with van der Waals surface area (Å²) in [5.41, 5.74) is 7.10. The average Bonchev–Trinajstić information content (AvgIpc) is 2.35. The maximum Gasteiger partial charge on any atom is 0.241 e. The summed E-state index contributed by atoms with van der Waals surface area (Å²) in [4.78, 5) is 21.3. The summed E-state index contributed by atoms with van der Waals surface area (Å²) in [6.07, 6.45) is 1.45. The molecule has 2 aromatic rings. The minimum atomic E-state index is -0.0165. The molecule has 0 saturated heterocycles. The first-order valence-corrected chi connectivity index (χ1v) is 5.52. The zero-order chi connectivity index (χ0) is 13.1. The van der Waals surface area contributed by atoms with E-state index in [4.69, 9.17) is 5.73 Å². The van der Waals surface area contributed by atoms with Crippen LogP contribution in [-0.2, 0) is 4.79 Å². The Morgan fingerprint density at radius 2 is 2.17 bits per heavy atom. The molecule has 18 heavy (non-hydrogen) atoms. The number of benzene rings is 1. The monoisotopic (exact) mass is 245 g/mol. The summed E-state index contributed by atoms with van der Waals surface area (Å²) in [7, 11) is 3.42. The maximum absolute atomic E-state index is 11.5. The molecule has 1 heterocycles. The number of amides is 1. The van der Waals surface area contributed by atoms with Crippen molar-refractivity contribution in [1.82, 2.24) is 14.9 Å². The topological polar surface area (TPSA) is 84.1 Å². The predicted octanol–water partition coefficient (Wildman–Crippen LogP) is 0.712. The SMILES string of the molecule is CN(C)C(=O)CNc1ncnc2cc(N)ccc12. The number of anilines is 2.